The molecular weight excluding hydrogens is 195 g/mol. The third-order valence-corrected chi connectivity index (χ3v) is 2.62. The molecule has 1 rings (SSSR count). The molecule has 11 heavy (non-hydrogen) atoms. The van der Waals surface area contributed by atoms with Crippen molar-refractivity contribution in [3.63, 3.8) is 0 Å². The van der Waals surface area contributed by atoms with Crippen molar-refractivity contribution in [2.75, 3.05) is 0 Å². The number of thiophene rings is 1. The first-order valence-electron chi connectivity index (χ1n) is 2.54. The van der Waals surface area contributed by atoms with E-state index in [4.69, 9.17) is 0 Å². The van der Waals surface area contributed by atoms with E-state index in [9.17, 15) is 13.0 Å². The molecule has 0 bridgehead atoms. The van der Waals surface area contributed by atoms with Gasteiger partial charge in [0.2, 0.25) is 0 Å². The molecule has 0 aliphatic rings. The van der Waals surface area contributed by atoms with E-state index >= 15 is 0 Å². The summed E-state index contributed by atoms with van der Waals surface area (Å²) in [6.45, 7) is 0. The Hall–Kier alpha value is 0.610. The Kier molecular flexibility index (Phi) is 4.85. The summed E-state index contributed by atoms with van der Waals surface area (Å²) in [4.78, 5) is 0.593. The van der Waals surface area contributed by atoms with Gasteiger partial charge in [0.25, 0.3) is 0 Å². The molecule has 1 aromatic heterocycles. The van der Waals surface area contributed by atoms with Crippen molar-refractivity contribution >= 4 is 21.5 Å². The largest absolute Gasteiger partial charge is 1.00 e. The average Bonchev–Trinajstić information content (AvgIpc) is 2.12. The average molecular weight is 200 g/mol. The summed E-state index contributed by atoms with van der Waals surface area (Å²) in [5.41, 5.74) is 0. The molecule has 0 radical (unpaired) electrons. The number of rotatable bonds is 2. The summed E-state index contributed by atoms with van der Waals surface area (Å²) >= 11 is 1.27. The van der Waals surface area contributed by atoms with E-state index in [0.717, 1.165) is 0 Å². The van der Waals surface area contributed by atoms with E-state index in [1.165, 1.54) is 11.3 Å². The summed E-state index contributed by atoms with van der Waals surface area (Å²) < 4.78 is 30.4. The van der Waals surface area contributed by atoms with E-state index in [0.29, 0.717) is 4.88 Å². The van der Waals surface area contributed by atoms with Crippen LogP contribution >= 0.6 is 11.3 Å². The molecule has 0 saturated carbocycles. The maximum absolute atomic E-state index is 10.1. The molecule has 1 aromatic rings. The van der Waals surface area contributed by atoms with Crippen LogP contribution in [0, 0.1) is 0 Å². The molecule has 0 fully saturated rings. The topological polar surface area (TPSA) is 57.2 Å². The van der Waals surface area contributed by atoms with Gasteiger partial charge in [0.05, 0.1) is 15.9 Å². The standard InChI is InChI=1S/C5H6O3S2.Na/c6-10(7,8)4-5-2-1-3-9-5;/h1-3H,4H2,(H,6,7,8);/q;+1/p-1. The Balaban J connectivity index is 0.000001000. The minimum absolute atomic E-state index is 0. The molecule has 0 aliphatic carbocycles. The molecule has 6 heteroatoms. The van der Waals surface area contributed by atoms with Crippen LogP contribution < -0.4 is 29.6 Å². The molecule has 0 saturated heterocycles. The quantitative estimate of drug-likeness (QED) is 0.402. The van der Waals surface area contributed by atoms with Gasteiger partial charge in [-0.05, 0) is 11.4 Å². The second kappa shape index (κ2) is 4.59. The van der Waals surface area contributed by atoms with Gasteiger partial charge in [-0.25, -0.2) is 8.42 Å². The maximum atomic E-state index is 10.1. The van der Waals surface area contributed by atoms with Crippen molar-refractivity contribution < 1.29 is 42.5 Å². The first-order valence-corrected chi connectivity index (χ1v) is 4.99. The first kappa shape index (κ1) is 11.6. The molecule has 0 aliphatic heterocycles. The van der Waals surface area contributed by atoms with E-state index in [1.54, 1.807) is 17.5 Å². The molecule has 0 atom stereocenters. The minimum atomic E-state index is -4.09. The summed E-state index contributed by atoms with van der Waals surface area (Å²) in [5, 5.41) is 1.74. The number of hydrogen-bond donors (Lipinski definition) is 0. The van der Waals surface area contributed by atoms with Gasteiger partial charge in [0.1, 0.15) is 0 Å². The van der Waals surface area contributed by atoms with Crippen LogP contribution in [0.4, 0.5) is 0 Å². The smallest absolute Gasteiger partial charge is 0.748 e. The molecule has 0 unspecified atom stereocenters. The Morgan fingerprint density at radius 1 is 1.55 bits per heavy atom. The Morgan fingerprint density at radius 3 is 2.55 bits per heavy atom. The minimum Gasteiger partial charge on any atom is -0.748 e. The zero-order valence-corrected chi connectivity index (χ0v) is 9.61. The summed E-state index contributed by atoms with van der Waals surface area (Å²) in [5.74, 6) is -0.384. The molecule has 3 nitrogen and oxygen atoms in total. The van der Waals surface area contributed by atoms with Gasteiger partial charge in [-0.1, -0.05) is 6.07 Å². The second-order valence-electron chi connectivity index (χ2n) is 1.78. The maximum Gasteiger partial charge on any atom is 1.00 e. The van der Waals surface area contributed by atoms with Crippen molar-refractivity contribution in [3.05, 3.63) is 22.4 Å². The van der Waals surface area contributed by atoms with Crippen molar-refractivity contribution in [2.24, 2.45) is 0 Å². The van der Waals surface area contributed by atoms with E-state index in [1.807, 2.05) is 0 Å². The fourth-order valence-corrected chi connectivity index (χ4v) is 2.21. The third-order valence-electron chi connectivity index (χ3n) is 0.899. The van der Waals surface area contributed by atoms with Gasteiger partial charge in [0.15, 0.2) is 0 Å². The fourth-order valence-electron chi connectivity index (χ4n) is 0.569. The van der Waals surface area contributed by atoms with Crippen LogP contribution in [0.15, 0.2) is 17.5 Å². The van der Waals surface area contributed by atoms with Crippen molar-refractivity contribution in [3.8, 4) is 0 Å². The molecular formula is C5H5NaO3S2. The second-order valence-corrected chi connectivity index (χ2v) is 4.22. The third kappa shape index (κ3) is 4.95. The SMILES string of the molecule is O=S(=O)([O-])Cc1cccs1.[Na+]. The van der Waals surface area contributed by atoms with E-state index in [-0.39, 0.29) is 35.3 Å². The normalized spacial score (nSPS) is 10.6. The zero-order chi connectivity index (χ0) is 7.61. The van der Waals surface area contributed by atoms with Crippen LogP contribution in [0.5, 0.6) is 0 Å². The van der Waals surface area contributed by atoms with Crippen LogP contribution in [0.1, 0.15) is 4.88 Å². The number of hydrogen-bond acceptors (Lipinski definition) is 4. The van der Waals surface area contributed by atoms with E-state index in [2.05, 4.69) is 0 Å². The van der Waals surface area contributed by atoms with Gasteiger partial charge in [-0.15, -0.1) is 11.3 Å². The van der Waals surface area contributed by atoms with E-state index < -0.39 is 10.1 Å². The predicted octanol–water partition coefficient (Wildman–Crippen LogP) is -2.20. The monoisotopic (exact) mass is 200 g/mol. The van der Waals surface area contributed by atoms with Gasteiger partial charge >= 0.3 is 29.6 Å². The van der Waals surface area contributed by atoms with Crippen LogP contribution in [0.3, 0.4) is 0 Å². The van der Waals surface area contributed by atoms with Crippen LogP contribution in [-0.2, 0) is 15.9 Å². The van der Waals surface area contributed by atoms with Gasteiger partial charge in [-0.2, -0.15) is 0 Å². The Morgan fingerprint density at radius 2 is 2.18 bits per heavy atom. The van der Waals surface area contributed by atoms with Gasteiger partial charge in [-0.3, -0.25) is 0 Å². The molecule has 0 spiro atoms. The fraction of sp³-hybridized carbons (Fsp3) is 0.200. The van der Waals surface area contributed by atoms with Crippen molar-refractivity contribution in [2.45, 2.75) is 5.75 Å². The summed E-state index contributed by atoms with van der Waals surface area (Å²) in [7, 11) is -4.09. The summed E-state index contributed by atoms with van der Waals surface area (Å²) in [6.07, 6.45) is 0. The Bertz CT molecular complexity index is 290. The van der Waals surface area contributed by atoms with Gasteiger partial charge in [0, 0.05) is 4.88 Å². The molecule has 0 aromatic carbocycles. The van der Waals surface area contributed by atoms with Crippen molar-refractivity contribution in [1.29, 1.82) is 0 Å². The Labute approximate surface area is 91.5 Å². The predicted molar refractivity (Wildman–Crippen MR) is 37.7 cm³/mol. The molecule has 0 amide bonds. The van der Waals surface area contributed by atoms with Gasteiger partial charge < -0.3 is 4.55 Å². The first-order chi connectivity index (χ1) is 4.58. The molecule has 1 heterocycles. The van der Waals surface area contributed by atoms with Crippen LogP contribution in [-0.4, -0.2) is 13.0 Å². The zero-order valence-electron chi connectivity index (χ0n) is 5.98. The summed E-state index contributed by atoms with van der Waals surface area (Å²) in [6, 6.07) is 3.34. The van der Waals surface area contributed by atoms with Crippen LogP contribution in [0.25, 0.3) is 0 Å². The molecule has 56 valence electrons. The van der Waals surface area contributed by atoms with Crippen molar-refractivity contribution in [1.82, 2.24) is 0 Å². The van der Waals surface area contributed by atoms with Crippen LogP contribution in [0.2, 0.25) is 0 Å². The molecule has 0 N–H and O–H groups in total.